The Kier molecular flexibility index (Phi) is 3.57. The third-order valence-corrected chi connectivity index (χ3v) is 3.68. The molecule has 3 N–H and O–H groups in total. The molecule has 1 unspecified atom stereocenters. The summed E-state index contributed by atoms with van der Waals surface area (Å²) in [6.07, 6.45) is 0.0148. The molecule has 0 radical (unpaired) electrons. The minimum absolute atomic E-state index is 0.000899. The van der Waals surface area contributed by atoms with Crippen molar-refractivity contribution in [2.45, 2.75) is 6.42 Å². The highest BCUT2D eigenvalue weighted by atomic mass is 79.9. The van der Waals surface area contributed by atoms with Gasteiger partial charge in [-0.05, 0) is 28.1 Å². The minimum atomic E-state index is -1.14. The van der Waals surface area contributed by atoms with E-state index >= 15 is 0 Å². The fourth-order valence-electron chi connectivity index (χ4n) is 2.08. The van der Waals surface area contributed by atoms with Gasteiger partial charge in [0.2, 0.25) is 11.8 Å². The van der Waals surface area contributed by atoms with E-state index in [1.54, 1.807) is 12.1 Å². The van der Waals surface area contributed by atoms with Crippen LogP contribution in [-0.2, 0) is 9.59 Å². The van der Waals surface area contributed by atoms with Gasteiger partial charge >= 0.3 is 5.97 Å². The van der Waals surface area contributed by atoms with Gasteiger partial charge in [-0.2, -0.15) is 0 Å². The summed E-state index contributed by atoms with van der Waals surface area (Å²) in [4.78, 5) is 35.6. The largest absolute Gasteiger partial charge is 0.478 e. The van der Waals surface area contributed by atoms with E-state index in [-0.39, 0.29) is 30.1 Å². The van der Waals surface area contributed by atoms with Crippen LogP contribution in [0.3, 0.4) is 0 Å². The third kappa shape index (κ3) is 2.46. The van der Waals surface area contributed by atoms with Crippen molar-refractivity contribution in [3.63, 3.8) is 0 Å². The number of aromatic carboxylic acids is 1. The van der Waals surface area contributed by atoms with E-state index in [0.29, 0.717) is 4.47 Å². The second kappa shape index (κ2) is 5.00. The number of carbonyl (C=O) groups excluding carboxylic acids is 2. The van der Waals surface area contributed by atoms with E-state index in [9.17, 15) is 19.5 Å². The number of carboxylic acids is 1. The second-order valence-corrected chi connectivity index (χ2v) is 5.10. The Labute approximate surface area is 117 Å². The SMILES string of the molecule is NC(=O)C1CC(=O)N(c2cccc(Br)c2C(=O)O)C1. The molecule has 1 aliphatic heterocycles. The van der Waals surface area contributed by atoms with Crippen molar-refractivity contribution in [2.75, 3.05) is 11.4 Å². The number of benzene rings is 1. The number of amides is 2. The maximum atomic E-state index is 11.9. The molecule has 0 aromatic heterocycles. The van der Waals surface area contributed by atoms with E-state index in [0.717, 1.165) is 0 Å². The zero-order valence-electron chi connectivity index (χ0n) is 9.80. The average Bonchev–Trinajstić information content (AvgIpc) is 2.70. The molecule has 1 saturated heterocycles. The van der Waals surface area contributed by atoms with Crippen molar-refractivity contribution in [3.8, 4) is 0 Å². The third-order valence-electron chi connectivity index (χ3n) is 3.02. The molecule has 19 heavy (non-hydrogen) atoms. The number of hydrogen-bond donors (Lipinski definition) is 2. The van der Waals surface area contributed by atoms with Crippen molar-refractivity contribution in [1.82, 2.24) is 0 Å². The summed E-state index contributed by atoms with van der Waals surface area (Å²) in [7, 11) is 0. The molecule has 100 valence electrons. The van der Waals surface area contributed by atoms with E-state index in [4.69, 9.17) is 5.73 Å². The molecule has 6 nitrogen and oxygen atoms in total. The molecule has 1 heterocycles. The quantitative estimate of drug-likeness (QED) is 0.864. The molecule has 2 rings (SSSR count). The molecule has 7 heteroatoms. The lowest BCUT2D eigenvalue weighted by Crippen LogP contribution is -2.29. The smallest absolute Gasteiger partial charge is 0.338 e. The van der Waals surface area contributed by atoms with Crippen LogP contribution in [0.4, 0.5) is 5.69 Å². The molecule has 0 aliphatic carbocycles. The fourth-order valence-corrected chi connectivity index (χ4v) is 2.61. The molecule has 1 aromatic rings. The Morgan fingerprint density at radius 2 is 2.11 bits per heavy atom. The monoisotopic (exact) mass is 326 g/mol. The van der Waals surface area contributed by atoms with Crippen LogP contribution in [0, 0.1) is 5.92 Å². The molecule has 1 aromatic carbocycles. The van der Waals surface area contributed by atoms with E-state index in [1.807, 2.05) is 0 Å². The van der Waals surface area contributed by atoms with Crippen LogP contribution in [0.5, 0.6) is 0 Å². The van der Waals surface area contributed by atoms with Gasteiger partial charge < -0.3 is 15.7 Å². The molecular formula is C12H11BrN2O4. The van der Waals surface area contributed by atoms with Crippen LogP contribution >= 0.6 is 15.9 Å². The van der Waals surface area contributed by atoms with Crippen LogP contribution in [0.2, 0.25) is 0 Å². The molecule has 1 aliphatic rings. The van der Waals surface area contributed by atoms with Gasteiger partial charge in [0.1, 0.15) is 0 Å². The van der Waals surface area contributed by atoms with Crippen LogP contribution in [0.25, 0.3) is 0 Å². The second-order valence-electron chi connectivity index (χ2n) is 4.25. The van der Waals surface area contributed by atoms with Gasteiger partial charge in [0, 0.05) is 17.4 Å². The fraction of sp³-hybridized carbons (Fsp3) is 0.250. The number of anilines is 1. The molecule has 0 bridgehead atoms. The van der Waals surface area contributed by atoms with Crippen molar-refractivity contribution in [3.05, 3.63) is 28.2 Å². The first kappa shape index (κ1) is 13.5. The highest BCUT2D eigenvalue weighted by Gasteiger charge is 2.35. The number of nitrogens with zero attached hydrogens (tertiary/aromatic N) is 1. The Bertz CT molecular complexity index is 573. The molecule has 0 spiro atoms. The summed E-state index contributed by atoms with van der Waals surface area (Å²) in [6.45, 7) is 0.116. The normalized spacial score (nSPS) is 18.7. The van der Waals surface area contributed by atoms with Gasteiger partial charge in [0.15, 0.2) is 0 Å². The summed E-state index contributed by atoms with van der Waals surface area (Å²) < 4.78 is 0.382. The maximum Gasteiger partial charge on any atom is 0.338 e. The summed E-state index contributed by atoms with van der Waals surface area (Å²) in [5.74, 6) is -2.57. The number of halogens is 1. The van der Waals surface area contributed by atoms with E-state index in [1.165, 1.54) is 11.0 Å². The molecular weight excluding hydrogens is 316 g/mol. The predicted molar refractivity (Wildman–Crippen MR) is 70.8 cm³/mol. The van der Waals surface area contributed by atoms with Crippen LogP contribution in [-0.4, -0.2) is 29.4 Å². The topological polar surface area (TPSA) is 101 Å². The molecule has 1 atom stereocenters. The van der Waals surface area contributed by atoms with Crippen molar-refractivity contribution < 1.29 is 19.5 Å². The lowest BCUT2D eigenvalue weighted by atomic mass is 10.1. The summed E-state index contributed by atoms with van der Waals surface area (Å²) in [6, 6.07) is 4.76. The first-order chi connectivity index (χ1) is 8.91. The highest BCUT2D eigenvalue weighted by molar-refractivity contribution is 9.10. The van der Waals surface area contributed by atoms with Gasteiger partial charge in [0.25, 0.3) is 0 Å². The Morgan fingerprint density at radius 3 is 2.63 bits per heavy atom. The van der Waals surface area contributed by atoms with Gasteiger partial charge in [-0.3, -0.25) is 9.59 Å². The lowest BCUT2D eigenvalue weighted by molar-refractivity contribution is -0.123. The number of hydrogen-bond acceptors (Lipinski definition) is 3. The zero-order valence-corrected chi connectivity index (χ0v) is 11.4. The number of nitrogens with two attached hydrogens (primary N) is 1. The predicted octanol–water partition coefficient (Wildman–Crippen LogP) is 0.985. The lowest BCUT2D eigenvalue weighted by Gasteiger charge is -2.19. The number of rotatable bonds is 3. The van der Waals surface area contributed by atoms with Crippen molar-refractivity contribution in [1.29, 1.82) is 0 Å². The zero-order chi connectivity index (χ0) is 14.2. The van der Waals surface area contributed by atoms with Crippen molar-refractivity contribution >= 4 is 39.4 Å². The highest BCUT2D eigenvalue weighted by Crippen LogP contribution is 2.32. The average molecular weight is 327 g/mol. The number of primary amides is 1. The Balaban J connectivity index is 2.43. The minimum Gasteiger partial charge on any atom is -0.478 e. The number of carbonyl (C=O) groups is 3. The maximum absolute atomic E-state index is 11.9. The van der Waals surface area contributed by atoms with E-state index < -0.39 is 17.8 Å². The Hall–Kier alpha value is -1.89. The van der Waals surface area contributed by atoms with E-state index in [2.05, 4.69) is 15.9 Å². The van der Waals surface area contributed by atoms with Gasteiger partial charge in [-0.25, -0.2) is 4.79 Å². The molecule has 1 fully saturated rings. The first-order valence-corrected chi connectivity index (χ1v) is 6.32. The summed E-state index contributed by atoms with van der Waals surface area (Å²) in [5, 5.41) is 9.21. The van der Waals surface area contributed by atoms with Crippen LogP contribution < -0.4 is 10.6 Å². The Morgan fingerprint density at radius 1 is 1.42 bits per heavy atom. The van der Waals surface area contributed by atoms with Gasteiger partial charge in [-0.15, -0.1) is 0 Å². The molecule has 2 amide bonds. The standard InChI is InChI=1S/C12H11BrN2O4/c13-7-2-1-3-8(10(7)12(18)19)15-5-6(11(14)17)4-9(15)16/h1-3,6H,4-5H2,(H2,14,17)(H,18,19). The number of carboxylic acid groups (broad SMARTS) is 1. The van der Waals surface area contributed by atoms with Crippen molar-refractivity contribution in [2.24, 2.45) is 11.7 Å². The first-order valence-electron chi connectivity index (χ1n) is 5.53. The van der Waals surface area contributed by atoms with Gasteiger partial charge in [0.05, 0.1) is 17.2 Å². The van der Waals surface area contributed by atoms with Gasteiger partial charge in [-0.1, -0.05) is 6.07 Å². The summed E-state index contributed by atoms with van der Waals surface area (Å²) >= 11 is 3.15. The molecule has 0 saturated carbocycles. The van der Waals surface area contributed by atoms with Crippen LogP contribution in [0.15, 0.2) is 22.7 Å². The summed E-state index contributed by atoms with van der Waals surface area (Å²) in [5.41, 5.74) is 5.46. The van der Waals surface area contributed by atoms with Crippen LogP contribution in [0.1, 0.15) is 16.8 Å².